The van der Waals surface area contributed by atoms with Crippen LogP contribution in [0, 0.1) is 0 Å². The predicted octanol–water partition coefficient (Wildman–Crippen LogP) is -1.54. The molecule has 0 aliphatic heterocycles. The van der Waals surface area contributed by atoms with Gasteiger partial charge in [0, 0.05) is 5.57 Å². The minimum absolute atomic E-state index is 0. The second-order valence-electron chi connectivity index (χ2n) is 1.92. The minimum atomic E-state index is -2.33. The Morgan fingerprint density at radius 3 is 2.00 bits per heavy atom. The second kappa shape index (κ2) is 12.5. The predicted molar refractivity (Wildman–Crippen MR) is 47.1 cm³/mol. The molecular formula is C8H10CaO5. The number of carbonyl (C=O) groups is 2. The van der Waals surface area contributed by atoms with Crippen molar-refractivity contribution < 1.29 is 24.5 Å². The van der Waals surface area contributed by atoms with Gasteiger partial charge in [-0.3, -0.25) is 0 Å². The van der Waals surface area contributed by atoms with Gasteiger partial charge in [-0.15, -0.1) is 0 Å². The van der Waals surface area contributed by atoms with Crippen molar-refractivity contribution in [2.75, 3.05) is 6.61 Å². The summed E-state index contributed by atoms with van der Waals surface area (Å²) in [6.45, 7) is 8.64. The summed E-state index contributed by atoms with van der Waals surface area (Å²) in [6.07, 6.45) is -0.819. The summed E-state index contributed by atoms with van der Waals surface area (Å²) >= 11 is 0. The molecular weight excluding hydrogens is 216 g/mol. The average molecular weight is 226 g/mol. The molecule has 14 heavy (non-hydrogen) atoms. The monoisotopic (exact) mass is 226 g/mol. The Morgan fingerprint density at radius 2 is 1.79 bits per heavy atom. The summed E-state index contributed by atoms with van der Waals surface area (Å²) in [5, 5.41) is 16.7. The summed E-state index contributed by atoms with van der Waals surface area (Å²) in [6, 6.07) is 0. The van der Waals surface area contributed by atoms with Crippen LogP contribution in [0.5, 0.6) is 0 Å². The van der Waals surface area contributed by atoms with E-state index in [2.05, 4.69) is 17.9 Å². The molecule has 0 N–H and O–H groups in total. The summed E-state index contributed by atoms with van der Waals surface area (Å²) in [4.78, 5) is 18.9. The Labute approximate surface area is 112 Å². The minimum Gasteiger partial charge on any atom is -0.652 e. The summed E-state index contributed by atoms with van der Waals surface area (Å²) in [7, 11) is 0. The number of ether oxygens (including phenoxy) is 1. The van der Waals surface area contributed by atoms with Crippen molar-refractivity contribution in [3.8, 4) is 0 Å². The summed E-state index contributed by atoms with van der Waals surface area (Å²) < 4.78 is 4.60. The molecule has 0 heterocycles. The number of carbonyl (C=O) groups excluding carboxylic acids is 2. The molecule has 0 rings (SSSR count). The van der Waals surface area contributed by atoms with Crippen LogP contribution in [0.4, 0.5) is 4.79 Å². The molecule has 0 amide bonds. The molecule has 0 fully saturated rings. The number of hydrogen-bond acceptors (Lipinski definition) is 5. The zero-order chi connectivity index (χ0) is 10.9. The number of esters is 1. The van der Waals surface area contributed by atoms with E-state index in [4.69, 9.17) is 15.0 Å². The third kappa shape index (κ3) is 22.5. The van der Waals surface area contributed by atoms with Gasteiger partial charge in [-0.2, -0.15) is 0 Å². The van der Waals surface area contributed by atoms with E-state index in [1.54, 1.807) is 6.92 Å². The largest absolute Gasteiger partial charge is 2.00 e. The smallest absolute Gasteiger partial charge is 0.652 e. The first-order chi connectivity index (χ1) is 5.91. The summed E-state index contributed by atoms with van der Waals surface area (Å²) in [5.41, 5.74) is 0.414. The van der Waals surface area contributed by atoms with Gasteiger partial charge in [-0.25, -0.2) is 4.79 Å². The van der Waals surface area contributed by atoms with E-state index in [1.807, 2.05) is 0 Å². The molecule has 0 unspecified atom stereocenters. The molecule has 0 aromatic carbocycles. The molecule has 5 nitrogen and oxygen atoms in total. The van der Waals surface area contributed by atoms with Gasteiger partial charge in [0.1, 0.15) is 6.61 Å². The van der Waals surface area contributed by atoms with Gasteiger partial charge in [0.15, 0.2) is 0 Å². The van der Waals surface area contributed by atoms with Crippen LogP contribution in [0.25, 0.3) is 0 Å². The van der Waals surface area contributed by atoms with Gasteiger partial charge < -0.3 is 19.7 Å². The molecule has 0 spiro atoms. The summed E-state index contributed by atoms with van der Waals surface area (Å²) in [5.74, 6) is -0.366. The number of carboxylic acid groups (broad SMARTS) is 2. The Kier molecular flexibility index (Phi) is 17.0. The third-order valence-electron chi connectivity index (χ3n) is 0.681. The first-order valence-corrected chi connectivity index (χ1v) is 3.23. The van der Waals surface area contributed by atoms with Crippen molar-refractivity contribution in [1.29, 1.82) is 0 Å². The molecule has 0 radical (unpaired) electrons. The van der Waals surface area contributed by atoms with Gasteiger partial charge in [0.25, 0.3) is 0 Å². The van der Waals surface area contributed by atoms with Crippen LogP contribution in [-0.2, 0) is 9.53 Å². The second-order valence-corrected chi connectivity index (χ2v) is 1.92. The van der Waals surface area contributed by atoms with Gasteiger partial charge in [0.2, 0.25) is 0 Å². The Morgan fingerprint density at radius 1 is 1.43 bits per heavy atom. The molecule has 74 valence electrons. The Balaban J connectivity index is -0.000000209. The van der Waals surface area contributed by atoms with Gasteiger partial charge in [-0.05, 0) is 13.1 Å². The maximum Gasteiger partial charge on any atom is 2.00 e. The van der Waals surface area contributed by atoms with Crippen LogP contribution in [0.2, 0.25) is 0 Å². The van der Waals surface area contributed by atoms with Crippen molar-refractivity contribution in [1.82, 2.24) is 0 Å². The number of rotatable bonds is 3. The third-order valence-corrected chi connectivity index (χ3v) is 0.681. The average Bonchev–Trinajstić information content (AvgIpc) is 1.98. The zero-order valence-electron chi connectivity index (χ0n) is 7.95. The quantitative estimate of drug-likeness (QED) is 0.252. The van der Waals surface area contributed by atoms with Crippen LogP contribution in [0.1, 0.15) is 6.92 Å². The van der Waals surface area contributed by atoms with Crippen molar-refractivity contribution in [3.05, 3.63) is 24.8 Å². The van der Waals surface area contributed by atoms with Gasteiger partial charge in [-0.1, -0.05) is 19.2 Å². The van der Waals surface area contributed by atoms with E-state index in [1.165, 1.54) is 6.08 Å². The standard InChI is InChI=1S/C7H10O2.CH2O3.Ca/c1-4-5-9-7(8)6(2)3;2-1(3)4;/h4H,1-2,5H2,3H3;(H2,2,3,4);/q;;+2/p-2. The van der Waals surface area contributed by atoms with Gasteiger partial charge >= 0.3 is 43.7 Å². The van der Waals surface area contributed by atoms with Crippen LogP contribution < -0.4 is 10.2 Å². The van der Waals surface area contributed by atoms with Crippen molar-refractivity contribution >= 4 is 49.9 Å². The van der Waals surface area contributed by atoms with E-state index in [0.717, 1.165) is 0 Å². The van der Waals surface area contributed by atoms with E-state index < -0.39 is 6.16 Å². The van der Waals surface area contributed by atoms with E-state index in [-0.39, 0.29) is 50.3 Å². The molecule has 0 saturated heterocycles. The SMILES string of the molecule is C=CCOC(=O)C(=C)C.O=C([O-])[O-].[Ca+2]. The molecule has 6 heteroatoms. The van der Waals surface area contributed by atoms with Gasteiger partial charge in [0.05, 0.1) is 0 Å². The zero-order valence-corrected chi connectivity index (χ0v) is 10.2. The van der Waals surface area contributed by atoms with Crippen LogP contribution in [-0.4, -0.2) is 56.5 Å². The van der Waals surface area contributed by atoms with Crippen LogP contribution in [0.15, 0.2) is 24.8 Å². The van der Waals surface area contributed by atoms with E-state index >= 15 is 0 Å². The normalized spacial score (nSPS) is 6.93. The molecule has 0 bridgehead atoms. The molecule has 0 aliphatic carbocycles. The van der Waals surface area contributed by atoms with Crippen molar-refractivity contribution in [3.63, 3.8) is 0 Å². The Hall–Kier alpha value is -0.520. The molecule has 0 aliphatic rings. The first kappa shape index (κ1) is 19.1. The fourth-order valence-corrected chi connectivity index (χ4v) is 0.258. The van der Waals surface area contributed by atoms with E-state index in [9.17, 15) is 4.79 Å². The molecule has 0 aromatic heterocycles. The van der Waals surface area contributed by atoms with Crippen LogP contribution in [0.3, 0.4) is 0 Å². The topological polar surface area (TPSA) is 89.5 Å². The van der Waals surface area contributed by atoms with E-state index in [0.29, 0.717) is 5.57 Å². The molecule has 0 aromatic rings. The van der Waals surface area contributed by atoms with Crippen molar-refractivity contribution in [2.24, 2.45) is 0 Å². The fourth-order valence-electron chi connectivity index (χ4n) is 0.258. The fraction of sp³-hybridized carbons (Fsp3) is 0.250. The number of hydrogen-bond donors (Lipinski definition) is 0. The van der Waals surface area contributed by atoms with Crippen LogP contribution >= 0.6 is 0 Å². The molecule has 0 atom stereocenters. The Bertz CT molecular complexity index is 208. The maximum atomic E-state index is 10.5. The molecule has 0 saturated carbocycles. The first-order valence-electron chi connectivity index (χ1n) is 3.23. The van der Waals surface area contributed by atoms with Crippen molar-refractivity contribution in [2.45, 2.75) is 6.92 Å². The maximum absolute atomic E-state index is 10.5.